The zero-order chi connectivity index (χ0) is 11.9. The summed E-state index contributed by atoms with van der Waals surface area (Å²) in [5.74, 6) is -2.45. The average molecular weight is 233 g/mol. The molecule has 1 aliphatic heterocycles. The molecule has 0 aromatic rings. The van der Waals surface area contributed by atoms with Gasteiger partial charge in [-0.05, 0) is 12.3 Å². The fourth-order valence-corrected chi connectivity index (χ4v) is 2.70. The van der Waals surface area contributed by atoms with Crippen molar-refractivity contribution in [1.29, 1.82) is 0 Å². The number of methoxy groups -OCH3 is 1. The van der Waals surface area contributed by atoms with E-state index in [1.54, 1.807) is 0 Å². The third-order valence-electron chi connectivity index (χ3n) is 3.70. The number of rotatable bonds is 4. The van der Waals surface area contributed by atoms with Gasteiger partial charge in [0.2, 0.25) is 0 Å². The number of hydrogen-bond donors (Lipinski definition) is 1. The first-order valence-corrected chi connectivity index (χ1v) is 5.64. The van der Waals surface area contributed by atoms with Crippen molar-refractivity contribution in [2.75, 3.05) is 7.11 Å². The zero-order valence-electron chi connectivity index (χ0n) is 9.50. The minimum Gasteiger partial charge on any atom is -0.469 e. The van der Waals surface area contributed by atoms with Crippen LogP contribution in [0.4, 0.5) is 8.78 Å². The third kappa shape index (κ3) is 1.93. The molecule has 2 aliphatic rings. The van der Waals surface area contributed by atoms with Gasteiger partial charge in [-0.15, -0.1) is 0 Å². The van der Waals surface area contributed by atoms with Gasteiger partial charge >= 0.3 is 5.97 Å². The first-order chi connectivity index (χ1) is 7.44. The molecular formula is C11H17F2NO2. The van der Waals surface area contributed by atoms with E-state index >= 15 is 0 Å². The fourth-order valence-electron chi connectivity index (χ4n) is 2.70. The van der Waals surface area contributed by atoms with Gasteiger partial charge in [-0.25, -0.2) is 8.78 Å². The van der Waals surface area contributed by atoms with Crippen LogP contribution in [0.3, 0.4) is 0 Å². The lowest BCUT2D eigenvalue weighted by Gasteiger charge is -2.59. The molecular weight excluding hydrogens is 216 g/mol. The van der Waals surface area contributed by atoms with Gasteiger partial charge in [0, 0.05) is 24.8 Å². The zero-order valence-corrected chi connectivity index (χ0v) is 9.50. The number of nitrogens with one attached hydrogen (secondary N) is 1. The molecule has 92 valence electrons. The highest BCUT2D eigenvalue weighted by Gasteiger charge is 2.64. The Morgan fingerprint density at radius 1 is 1.62 bits per heavy atom. The second-order valence-electron chi connectivity index (χ2n) is 5.00. The van der Waals surface area contributed by atoms with Gasteiger partial charge in [-0.3, -0.25) is 4.79 Å². The molecule has 0 amide bonds. The van der Waals surface area contributed by atoms with Crippen molar-refractivity contribution in [3.8, 4) is 0 Å². The van der Waals surface area contributed by atoms with E-state index in [1.807, 2.05) is 6.92 Å². The maximum atomic E-state index is 12.9. The summed E-state index contributed by atoms with van der Waals surface area (Å²) >= 11 is 0. The normalized spacial score (nSPS) is 36.6. The summed E-state index contributed by atoms with van der Waals surface area (Å²) in [4.78, 5) is 11.0. The summed E-state index contributed by atoms with van der Waals surface area (Å²) in [5.41, 5.74) is 0. The van der Waals surface area contributed by atoms with Crippen LogP contribution in [0.1, 0.15) is 26.2 Å². The minimum absolute atomic E-state index is 0.000275. The van der Waals surface area contributed by atoms with E-state index in [4.69, 9.17) is 0 Å². The predicted molar refractivity (Wildman–Crippen MR) is 54.2 cm³/mol. The van der Waals surface area contributed by atoms with Crippen molar-refractivity contribution < 1.29 is 18.3 Å². The molecule has 1 N–H and O–H groups in total. The SMILES string of the molecule is COC(=O)CC(C)C[C@@H]1N[C@@H]2C1CC2(F)F. The molecule has 2 rings (SSSR count). The quantitative estimate of drug-likeness (QED) is 0.749. The number of halogens is 2. The van der Waals surface area contributed by atoms with Crippen molar-refractivity contribution in [1.82, 2.24) is 5.32 Å². The van der Waals surface area contributed by atoms with Crippen LogP contribution in [0.15, 0.2) is 0 Å². The highest BCUT2D eigenvalue weighted by molar-refractivity contribution is 5.69. The van der Waals surface area contributed by atoms with Crippen LogP contribution in [0.5, 0.6) is 0 Å². The summed E-state index contributed by atoms with van der Waals surface area (Å²) < 4.78 is 30.3. The number of esters is 1. The molecule has 0 radical (unpaired) electrons. The van der Waals surface area contributed by atoms with E-state index in [-0.39, 0.29) is 30.3 Å². The van der Waals surface area contributed by atoms with E-state index in [9.17, 15) is 13.6 Å². The lowest BCUT2D eigenvalue weighted by molar-refractivity contribution is -0.204. The first kappa shape index (κ1) is 11.8. The van der Waals surface area contributed by atoms with Gasteiger partial charge in [0.15, 0.2) is 0 Å². The van der Waals surface area contributed by atoms with E-state index < -0.39 is 12.0 Å². The van der Waals surface area contributed by atoms with Gasteiger partial charge in [0.1, 0.15) is 0 Å². The Labute approximate surface area is 93.5 Å². The summed E-state index contributed by atoms with van der Waals surface area (Å²) in [6.45, 7) is 1.95. The van der Waals surface area contributed by atoms with Crippen LogP contribution in [0.2, 0.25) is 0 Å². The predicted octanol–water partition coefficient (Wildman–Crippen LogP) is 1.57. The van der Waals surface area contributed by atoms with Crippen molar-refractivity contribution in [3.05, 3.63) is 0 Å². The number of hydrogen-bond acceptors (Lipinski definition) is 3. The maximum Gasteiger partial charge on any atom is 0.305 e. The van der Waals surface area contributed by atoms with Crippen molar-refractivity contribution in [2.45, 2.75) is 44.2 Å². The molecule has 1 saturated carbocycles. The van der Waals surface area contributed by atoms with Crippen LogP contribution >= 0.6 is 0 Å². The van der Waals surface area contributed by atoms with Gasteiger partial charge in [-0.1, -0.05) is 6.92 Å². The van der Waals surface area contributed by atoms with E-state index in [2.05, 4.69) is 10.1 Å². The topological polar surface area (TPSA) is 38.3 Å². The van der Waals surface area contributed by atoms with Gasteiger partial charge in [0.25, 0.3) is 5.92 Å². The van der Waals surface area contributed by atoms with Crippen LogP contribution in [-0.2, 0) is 9.53 Å². The van der Waals surface area contributed by atoms with E-state index in [1.165, 1.54) is 7.11 Å². The Morgan fingerprint density at radius 2 is 2.31 bits per heavy atom. The molecule has 1 saturated heterocycles. The van der Waals surface area contributed by atoms with Gasteiger partial charge < -0.3 is 10.1 Å². The summed E-state index contributed by atoms with van der Waals surface area (Å²) in [5, 5.41) is 2.89. The highest BCUT2D eigenvalue weighted by Crippen LogP contribution is 2.51. The number of fused-ring (bicyclic) bond motifs is 1. The molecule has 0 aromatic heterocycles. The number of carbonyl (C=O) groups is 1. The van der Waals surface area contributed by atoms with Crippen LogP contribution in [0.25, 0.3) is 0 Å². The van der Waals surface area contributed by atoms with Crippen LogP contribution < -0.4 is 5.32 Å². The standard InChI is InChI=1S/C11H17F2NO2/c1-6(4-9(15)16-2)3-8-7-5-11(12,13)10(7)14-8/h6-8,10,14H,3-5H2,1-2H3/t6?,7?,8-,10+/m0/s1. The molecule has 3 nitrogen and oxygen atoms in total. The maximum absolute atomic E-state index is 12.9. The lowest BCUT2D eigenvalue weighted by Crippen LogP contribution is -2.76. The van der Waals surface area contributed by atoms with Gasteiger partial charge in [0.05, 0.1) is 13.2 Å². The highest BCUT2D eigenvalue weighted by atomic mass is 19.3. The Bertz CT molecular complexity index is 296. The molecule has 0 bridgehead atoms. The Kier molecular flexibility index (Phi) is 2.90. The molecule has 0 spiro atoms. The fraction of sp³-hybridized carbons (Fsp3) is 0.909. The van der Waals surface area contributed by atoms with Crippen molar-refractivity contribution >= 4 is 5.97 Å². The van der Waals surface area contributed by atoms with Crippen LogP contribution in [-0.4, -0.2) is 31.1 Å². The molecule has 1 heterocycles. The summed E-state index contributed by atoms with van der Waals surface area (Å²) in [6, 6.07) is -0.452. The third-order valence-corrected chi connectivity index (χ3v) is 3.70. The Balaban J connectivity index is 1.71. The molecule has 16 heavy (non-hydrogen) atoms. The smallest absolute Gasteiger partial charge is 0.305 e. The van der Waals surface area contributed by atoms with E-state index in [0.29, 0.717) is 6.42 Å². The molecule has 2 fully saturated rings. The largest absolute Gasteiger partial charge is 0.469 e. The van der Waals surface area contributed by atoms with Crippen molar-refractivity contribution in [2.24, 2.45) is 11.8 Å². The summed E-state index contributed by atoms with van der Waals surface area (Å²) in [7, 11) is 1.36. The van der Waals surface area contributed by atoms with Crippen LogP contribution in [0, 0.1) is 11.8 Å². The van der Waals surface area contributed by atoms with Gasteiger partial charge in [-0.2, -0.15) is 0 Å². The monoisotopic (exact) mass is 233 g/mol. The number of alkyl halides is 2. The Hall–Kier alpha value is -0.710. The molecule has 2 unspecified atom stereocenters. The molecule has 1 aliphatic carbocycles. The van der Waals surface area contributed by atoms with Crippen molar-refractivity contribution in [3.63, 3.8) is 0 Å². The molecule has 0 aromatic carbocycles. The number of carbonyl (C=O) groups excluding carboxylic acids is 1. The lowest BCUT2D eigenvalue weighted by atomic mass is 9.63. The first-order valence-electron chi connectivity index (χ1n) is 5.64. The molecule has 4 atom stereocenters. The second kappa shape index (κ2) is 3.95. The Morgan fingerprint density at radius 3 is 2.75 bits per heavy atom. The summed E-state index contributed by atoms with van der Waals surface area (Å²) in [6.07, 6.45) is 1.13. The minimum atomic E-state index is -2.51. The number of piperidine rings is 1. The average Bonchev–Trinajstić information content (AvgIpc) is 2.20. The second-order valence-corrected chi connectivity index (χ2v) is 5.00. The number of ether oxygens (including phenoxy) is 1. The molecule has 5 heteroatoms. The van der Waals surface area contributed by atoms with E-state index in [0.717, 1.165) is 6.42 Å².